The van der Waals surface area contributed by atoms with E-state index in [-0.39, 0.29) is 17.5 Å². The fraction of sp³-hybridized carbons (Fsp3) is 0.167. The molecule has 1 heterocycles. The van der Waals surface area contributed by atoms with Crippen LogP contribution in [-0.2, 0) is 0 Å². The van der Waals surface area contributed by atoms with Gasteiger partial charge in [0.15, 0.2) is 0 Å². The maximum Gasteiger partial charge on any atom is 0.330 e. The van der Waals surface area contributed by atoms with Crippen molar-refractivity contribution in [2.75, 3.05) is 17.2 Å². The number of benzene rings is 1. The quantitative estimate of drug-likeness (QED) is 0.667. The van der Waals surface area contributed by atoms with Crippen molar-refractivity contribution in [1.29, 1.82) is 0 Å². The van der Waals surface area contributed by atoms with E-state index in [0.29, 0.717) is 6.54 Å². The van der Waals surface area contributed by atoms with Gasteiger partial charge in [0, 0.05) is 12.2 Å². The number of rotatable bonds is 4. The van der Waals surface area contributed by atoms with E-state index in [1.54, 1.807) is 4.90 Å². The highest BCUT2D eigenvalue weighted by Gasteiger charge is 2.22. The predicted molar refractivity (Wildman–Crippen MR) is 72.2 cm³/mol. The van der Waals surface area contributed by atoms with Crippen LogP contribution in [0.15, 0.2) is 36.5 Å². The highest BCUT2D eigenvalue weighted by atomic mass is 16.6. The van der Waals surface area contributed by atoms with Gasteiger partial charge < -0.3 is 10.6 Å². The van der Waals surface area contributed by atoms with Gasteiger partial charge in [-0.25, -0.2) is 4.98 Å². The lowest BCUT2D eigenvalue weighted by molar-refractivity contribution is -0.384. The van der Waals surface area contributed by atoms with E-state index >= 15 is 0 Å². The minimum atomic E-state index is -0.514. The van der Waals surface area contributed by atoms with E-state index in [9.17, 15) is 10.1 Å². The summed E-state index contributed by atoms with van der Waals surface area (Å²) in [5, 5.41) is 11.0. The topological polar surface area (TPSA) is 98.2 Å². The molecule has 2 rings (SSSR count). The predicted octanol–water partition coefficient (Wildman–Crippen LogP) is 2.12. The third-order valence-corrected chi connectivity index (χ3v) is 2.61. The molecule has 19 heavy (non-hydrogen) atoms. The second-order valence-electron chi connectivity index (χ2n) is 3.77. The Morgan fingerprint density at radius 3 is 2.63 bits per heavy atom. The molecule has 2 aromatic rings. The van der Waals surface area contributed by atoms with E-state index < -0.39 is 4.92 Å². The van der Waals surface area contributed by atoms with E-state index in [1.807, 2.05) is 37.3 Å². The van der Waals surface area contributed by atoms with Gasteiger partial charge in [-0.05, 0) is 19.1 Å². The number of para-hydroxylation sites is 1. The van der Waals surface area contributed by atoms with Crippen molar-refractivity contribution in [3.05, 3.63) is 46.6 Å². The first-order chi connectivity index (χ1) is 9.13. The molecule has 0 bridgehead atoms. The molecule has 0 aliphatic carbocycles. The molecule has 0 radical (unpaired) electrons. The molecule has 0 saturated carbocycles. The van der Waals surface area contributed by atoms with Crippen molar-refractivity contribution in [2.45, 2.75) is 6.92 Å². The Balaban J connectivity index is 2.55. The van der Waals surface area contributed by atoms with Crippen molar-refractivity contribution in [2.24, 2.45) is 0 Å². The summed E-state index contributed by atoms with van der Waals surface area (Å²) in [5.74, 6) is 0.209. The summed E-state index contributed by atoms with van der Waals surface area (Å²) in [4.78, 5) is 19.9. The molecule has 7 heteroatoms. The highest BCUT2D eigenvalue weighted by Crippen LogP contribution is 2.31. The van der Waals surface area contributed by atoms with Gasteiger partial charge in [0.1, 0.15) is 6.20 Å². The standard InChI is InChI=1S/C12H13N5O2/c1-2-16(9-6-4-3-5-7-9)11-10(17(18)19)8-14-12(13)15-11/h3-8H,2H2,1H3,(H2,13,14,15). The average molecular weight is 259 g/mol. The molecule has 0 unspecified atom stereocenters. The molecule has 0 atom stereocenters. The molecular formula is C12H13N5O2. The molecule has 1 aromatic heterocycles. The fourth-order valence-electron chi connectivity index (χ4n) is 1.77. The second-order valence-corrected chi connectivity index (χ2v) is 3.77. The van der Waals surface area contributed by atoms with Gasteiger partial charge in [0.05, 0.1) is 4.92 Å². The van der Waals surface area contributed by atoms with E-state index in [2.05, 4.69) is 9.97 Å². The number of nitrogens with two attached hydrogens (primary N) is 1. The summed E-state index contributed by atoms with van der Waals surface area (Å²) in [6.45, 7) is 2.41. The minimum absolute atomic E-state index is 0.00924. The molecule has 7 nitrogen and oxygen atoms in total. The van der Waals surface area contributed by atoms with E-state index in [4.69, 9.17) is 5.73 Å². The number of nitrogens with zero attached hydrogens (tertiary/aromatic N) is 4. The Hall–Kier alpha value is -2.70. The maximum atomic E-state index is 11.0. The third-order valence-electron chi connectivity index (χ3n) is 2.61. The van der Waals surface area contributed by atoms with Crippen LogP contribution in [0.3, 0.4) is 0 Å². The molecule has 0 saturated heterocycles. The first-order valence-corrected chi connectivity index (χ1v) is 5.73. The van der Waals surface area contributed by atoms with Gasteiger partial charge in [-0.2, -0.15) is 4.98 Å². The third kappa shape index (κ3) is 2.59. The van der Waals surface area contributed by atoms with Crippen LogP contribution in [0.4, 0.5) is 23.1 Å². The van der Waals surface area contributed by atoms with Crippen molar-refractivity contribution < 1.29 is 4.92 Å². The van der Waals surface area contributed by atoms with Crippen LogP contribution < -0.4 is 10.6 Å². The Bertz CT molecular complexity index is 588. The van der Waals surface area contributed by atoms with Gasteiger partial charge in [0.2, 0.25) is 11.8 Å². The van der Waals surface area contributed by atoms with Crippen LogP contribution in [0.5, 0.6) is 0 Å². The number of anilines is 3. The maximum absolute atomic E-state index is 11.0. The van der Waals surface area contributed by atoms with Gasteiger partial charge in [-0.3, -0.25) is 10.1 Å². The lowest BCUT2D eigenvalue weighted by Gasteiger charge is -2.21. The molecule has 2 N–H and O–H groups in total. The Kier molecular flexibility index (Phi) is 3.56. The average Bonchev–Trinajstić information content (AvgIpc) is 2.40. The lowest BCUT2D eigenvalue weighted by Crippen LogP contribution is -2.19. The van der Waals surface area contributed by atoms with E-state index in [1.165, 1.54) is 0 Å². The summed E-state index contributed by atoms with van der Waals surface area (Å²) < 4.78 is 0. The first kappa shape index (κ1) is 12.7. The summed E-state index contributed by atoms with van der Waals surface area (Å²) in [5.41, 5.74) is 6.17. The molecular weight excluding hydrogens is 246 g/mol. The highest BCUT2D eigenvalue weighted by molar-refractivity contribution is 5.68. The van der Waals surface area contributed by atoms with Crippen molar-refractivity contribution in [3.8, 4) is 0 Å². The second kappa shape index (κ2) is 5.30. The van der Waals surface area contributed by atoms with Crippen LogP contribution in [0, 0.1) is 10.1 Å². The van der Waals surface area contributed by atoms with Gasteiger partial charge >= 0.3 is 5.69 Å². The van der Waals surface area contributed by atoms with Crippen molar-refractivity contribution in [3.63, 3.8) is 0 Å². The largest absolute Gasteiger partial charge is 0.368 e. The molecule has 0 aliphatic rings. The molecule has 98 valence electrons. The van der Waals surface area contributed by atoms with Crippen molar-refractivity contribution >= 4 is 23.1 Å². The normalized spacial score (nSPS) is 10.2. The van der Waals surface area contributed by atoms with Gasteiger partial charge in [-0.15, -0.1) is 0 Å². The summed E-state index contributed by atoms with van der Waals surface area (Å²) in [6.07, 6.45) is 1.13. The molecule has 0 aliphatic heterocycles. The smallest absolute Gasteiger partial charge is 0.330 e. The monoisotopic (exact) mass is 259 g/mol. The van der Waals surface area contributed by atoms with Crippen molar-refractivity contribution in [1.82, 2.24) is 9.97 Å². The Morgan fingerprint density at radius 2 is 2.05 bits per heavy atom. The molecule has 0 amide bonds. The zero-order valence-corrected chi connectivity index (χ0v) is 10.4. The number of hydrogen-bond donors (Lipinski definition) is 1. The summed E-state index contributed by atoms with van der Waals surface area (Å²) in [7, 11) is 0. The first-order valence-electron chi connectivity index (χ1n) is 5.73. The molecule has 0 spiro atoms. The molecule has 1 aromatic carbocycles. The van der Waals surface area contributed by atoms with Gasteiger partial charge in [-0.1, -0.05) is 18.2 Å². The van der Waals surface area contributed by atoms with Crippen LogP contribution in [0.2, 0.25) is 0 Å². The van der Waals surface area contributed by atoms with Crippen LogP contribution >= 0.6 is 0 Å². The van der Waals surface area contributed by atoms with Crippen LogP contribution in [0.25, 0.3) is 0 Å². The number of aromatic nitrogens is 2. The fourth-order valence-corrected chi connectivity index (χ4v) is 1.77. The minimum Gasteiger partial charge on any atom is -0.368 e. The zero-order chi connectivity index (χ0) is 13.8. The molecule has 0 fully saturated rings. The zero-order valence-electron chi connectivity index (χ0n) is 10.4. The van der Waals surface area contributed by atoms with Crippen LogP contribution in [0.1, 0.15) is 6.92 Å². The number of hydrogen-bond acceptors (Lipinski definition) is 6. The van der Waals surface area contributed by atoms with E-state index in [0.717, 1.165) is 11.9 Å². The number of nitro groups is 1. The Morgan fingerprint density at radius 1 is 1.37 bits per heavy atom. The summed E-state index contributed by atoms with van der Waals surface area (Å²) >= 11 is 0. The lowest BCUT2D eigenvalue weighted by atomic mass is 10.2. The van der Waals surface area contributed by atoms with Gasteiger partial charge in [0.25, 0.3) is 0 Å². The summed E-state index contributed by atoms with van der Waals surface area (Å²) in [6, 6.07) is 9.29. The van der Waals surface area contributed by atoms with Crippen LogP contribution in [-0.4, -0.2) is 21.4 Å². The Labute approximate surface area is 109 Å². The SMILES string of the molecule is CCN(c1ccccc1)c1nc(N)ncc1[N+](=O)[O-]. The number of nitrogen functional groups attached to an aromatic ring is 1.